The van der Waals surface area contributed by atoms with Gasteiger partial charge in [-0.3, -0.25) is 4.68 Å². The predicted molar refractivity (Wildman–Crippen MR) is 70.3 cm³/mol. The maximum atomic E-state index is 9.33. The molecule has 2 unspecified atom stereocenters. The molecule has 0 saturated heterocycles. The Morgan fingerprint density at radius 3 is 2.89 bits per heavy atom. The lowest BCUT2D eigenvalue weighted by Gasteiger charge is -2.14. The highest BCUT2D eigenvalue weighted by Crippen LogP contribution is 2.18. The molecule has 6 nitrogen and oxygen atoms in total. The van der Waals surface area contributed by atoms with Crippen LogP contribution in [0.1, 0.15) is 20.3 Å². The normalized spacial score (nSPS) is 14.7. The Kier molecular flexibility index (Phi) is 3.76. The average molecular weight is 249 g/mol. The predicted octanol–water partition coefficient (Wildman–Crippen LogP) is 1.18. The van der Waals surface area contributed by atoms with Crippen molar-refractivity contribution in [2.24, 2.45) is 13.0 Å². The van der Waals surface area contributed by atoms with E-state index in [0.717, 1.165) is 29.8 Å². The Labute approximate surface area is 106 Å². The van der Waals surface area contributed by atoms with Gasteiger partial charge in [0.25, 0.3) is 0 Å². The number of aromatic nitrogens is 4. The molecule has 2 aromatic rings. The lowest BCUT2D eigenvalue weighted by molar-refractivity contribution is 0.166. The number of aliphatic hydroxyl groups excluding tert-OH is 1. The maximum Gasteiger partial charge on any atom is 0.163 e. The van der Waals surface area contributed by atoms with Crippen LogP contribution in [-0.2, 0) is 7.05 Å². The minimum absolute atomic E-state index is 0.273. The Balaban J connectivity index is 2.08. The summed E-state index contributed by atoms with van der Waals surface area (Å²) >= 11 is 0. The van der Waals surface area contributed by atoms with Gasteiger partial charge in [0.2, 0.25) is 0 Å². The standard InChI is InChI=1S/C12H19N5O/c1-8(4-9(2)18)5-13-11-10-6-16-17(3)12(10)15-7-14-11/h6-9,18H,4-5H2,1-3H3,(H,13,14,15). The van der Waals surface area contributed by atoms with Crippen LogP contribution in [0, 0.1) is 5.92 Å². The number of nitrogens with zero attached hydrogens (tertiary/aromatic N) is 4. The summed E-state index contributed by atoms with van der Waals surface area (Å²) in [7, 11) is 1.86. The van der Waals surface area contributed by atoms with Gasteiger partial charge in [0.15, 0.2) is 5.65 Å². The Morgan fingerprint density at radius 1 is 1.39 bits per heavy atom. The van der Waals surface area contributed by atoms with Crippen molar-refractivity contribution < 1.29 is 5.11 Å². The van der Waals surface area contributed by atoms with Gasteiger partial charge in [-0.2, -0.15) is 5.10 Å². The molecule has 0 aliphatic carbocycles. The van der Waals surface area contributed by atoms with Crippen molar-refractivity contribution >= 4 is 16.9 Å². The fraction of sp³-hybridized carbons (Fsp3) is 0.583. The first-order valence-corrected chi connectivity index (χ1v) is 6.12. The zero-order valence-electron chi connectivity index (χ0n) is 11.0. The maximum absolute atomic E-state index is 9.33. The van der Waals surface area contributed by atoms with Gasteiger partial charge in [-0.1, -0.05) is 6.92 Å². The number of anilines is 1. The van der Waals surface area contributed by atoms with Crippen LogP contribution < -0.4 is 5.32 Å². The summed E-state index contributed by atoms with van der Waals surface area (Å²) in [5, 5.41) is 17.7. The largest absolute Gasteiger partial charge is 0.393 e. The number of hydrogen-bond donors (Lipinski definition) is 2. The van der Waals surface area contributed by atoms with Gasteiger partial charge in [-0.25, -0.2) is 9.97 Å². The number of fused-ring (bicyclic) bond motifs is 1. The summed E-state index contributed by atoms with van der Waals surface area (Å²) in [4.78, 5) is 8.42. The molecule has 98 valence electrons. The number of nitrogens with one attached hydrogen (secondary N) is 1. The first kappa shape index (κ1) is 12.8. The van der Waals surface area contributed by atoms with Crippen molar-refractivity contribution in [1.29, 1.82) is 0 Å². The third-order valence-corrected chi connectivity index (χ3v) is 2.89. The molecule has 0 aliphatic rings. The van der Waals surface area contributed by atoms with E-state index >= 15 is 0 Å². The molecule has 18 heavy (non-hydrogen) atoms. The zero-order valence-corrected chi connectivity index (χ0v) is 11.0. The van der Waals surface area contributed by atoms with Gasteiger partial charge in [-0.15, -0.1) is 0 Å². The molecule has 0 amide bonds. The average Bonchev–Trinajstić information content (AvgIpc) is 2.68. The summed E-state index contributed by atoms with van der Waals surface area (Å²) < 4.78 is 1.72. The van der Waals surface area contributed by atoms with Crippen molar-refractivity contribution in [3.8, 4) is 0 Å². The molecule has 0 saturated carbocycles. The summed E-state index contributed by atoms with van der Waals surface area (Å²) in [6.45, 7) is 4.67. The van der Waals surface area contributed by atoms with Crippen LogP contribution in [0.4, 0.5) is 5.82 Å². The number of aliphatic hydroxyl groups is 1. The van der Waals surface area contributed by atoms with Gasteiger partial charge < -0.3 is 10.4 Å². The van der Waals surface area contributed by atoms with Gasteiger partial charge >= 0.3 is 0 Å². The molecule has 6 heteroatoms. The second-order valence-corrected chi connectivity index (χ2v) is 4.80. The fourth-order valence-corrected chi connectivity index (χ4v) is 2.04. The van der Waals surface area contributed by atoms with Crippen molar-refractivity contribution in [1.82, 2.24) is 19.7 Å². The molecule has 0 radical (unpaired) electrons. The summed E-state index contributed by atoms with van der Waals surface area (Å²) in [6, 6.07) is 0. The highest BCUT2D eigenvalue weighted by Gasteiger charge is 2.10. The molecular weight excluding hydrogens is 230 g/mol. The van der Waals surface area contributed by atoms with E-state index < -0.39 is 0 Å². The molecule has 0 fully saturated rings. The van der Waals surface area contributed by atoms with Crippen molar-refractivity contribution in [2.45, 2.75) is 26.4 Å². The Morgan fingerprint density at radius 2 is 2.17 bits per heavy atom. The fourth-order valence-electron chi connectivity index (χ4n) is 2.04. The molecular formula is C12H19N5O. The van der Waals surface area contributed by atoms with E-state index in [1.54, 1.807) is 17.8 Å². The van der Waals surface area contributed by atoms with Crippen LogP contribution in [0.5, 0.6) is 0 Å². The third-order valence-electron chi connectivity index (χ3n) is 2.89. The van der Waals surface area contributed by atoms with Crippen molar-refractivity contribution in [3.05, 3.63) is 12.5 Å². The minimum atomic E-state index is -0.273. The van der Waals surface area contributed by atoms with Crippen LogP contribution in [0.3, 0.4) is 0 Å². The highest BCUT2D eigenvalue weighted by molar-refractivity contribution is 5.85. The van der Waals surface area contributed by atoms with Crippen LogP contribution in [-0.4, -0.2) is 37.5 Å². The van der Waals surface area contributed by atoms with E-state index in [9.17, 15) is 5.11 Å². The van der Waals surface area contributed by atoms with Crippen LogP contribution in [0.15, 0.2) is 12.5 Å². The minimum Gasteiger partial charge on any atom is -0.393 e. The zero-order chi connectivity index (χ0) is 13.1. The molecule has 0 aromatic carbocycles. The monoisotopic (exact) mass is 249 g/mol. The van der Waals surface area contributed by atoms with Crippen LogP contribution in [0.25, 0.3) is 11.0 Å². The molecule has 0 bridgehead atoms. The molecule has 0 aliphatic heterocycles. The van der Waals surface area contributed by atoms with E-state index in [-0.39, 0.29) is 6.10 Å². The molecule has 2 heterocycles. The van der Waals surface area contributed by atoms with Crippen LogP contribution >= 0.6 is 0 Å². The second kappa shape index (κ2) is 5.30. The van der Waals surface area contributed by atoms with Crippen molar-refractivity contribution in [2.75, 3.05) is 11.9 Å². The molecule has 2 rings (SSSR count). The topological polar surface area (TPSA) is 75.9 Å². The molecule has 2 aromatic heterocycles. The SMILES string of the molecule is CC(O)CC(C)CNc1ncnc2c1cnn2C. The van der Waals surface area contributed by atoms with E-state index in [4.69, 9.17) is 0 Å². The number of hydrogen-bond acceptors (Lipinski definition) is 5. The number of rotatable bonds is 5. The lowest BCUT2D eigenvalue weighted by Crippen LogP contribution is -2.16. The molecule has 2 atom stereocenters. The molecule has 0 spiro atoms. The second-order valence-electron chi connectivity index (χ2n) is 4.80. The Bertz CT molecular complexity index is 522. The van der Waals surface area contributed by atoms with Crippen molar-refractivity contribution in [3.63, 3.8) is 0 Å². The van der Waals surface area contributed by atoms with Gasteiger partial charge in [-0.05, 0) is 19.3 Å². The summed E-state index contributed by atoms with van der Waals surface area (Å²) in [5.74, 6) is 1.18. The summed E-state index contributed by atoms with van der Waals surface area (Å²) in [5.41, 5.74) is 0.815. The van der Waals surface area contributed by atoms with E-state index in [1.807, 2.05) is 7.05 Å². The highest BCUT2D eigenvalue weighted by atomic mass is 16.3. The van der Waals surface area contributed by atoms with E-state index in [1.165, 1.54) is 6.33 Å². The number of aryl methyl sites for hydroxylation is 1. The smallest absolute Gasteiger partial charge is 0.163 e. The van der Waals surface area contributed by atoms with Gasteiger partial charge in [0.1, 0.15) is 12.1 Å². The van der Waals surface area contributed by atoms with Gasteiger partial charge in [0.05, 0.1) is 17.7 Å². The first-order valence-electron chi connectivity index (χ1n) is 6.12. The lowest BCUT2D eigenvalue weighted by atomic mass is 10.0. The quantitative estimate of drug-likeness (QED) is 0.832. The third kappa shape index (κ3) is 2.76. The Hall–Kier alpha value is -1.69. The summed E-state index contributed by atoms with van der Waals surface area (Å²) in [6.07, 6.45) is 3.79. The molecule has 2 N–H and O–H groups in total. The van der Waals surface area contributed by atoms with Crippen LogP contribution in [0.2, 0.25) is 0 Å². The van der Waals surface area contributed by atoms with E-state index in [2.05, 4.69) is 27.3 Å². The van der Waals surface area contributed by atoms with Gasteiger partial charge in [0, 0.05) is 13.6 Å². The van der Waals surface area contributed by atoms with E-state index in [0.29, 0.717) is 5.92 Å². The first-order chi connectivity index (χ1) is 8.58.